The standard InChI is InChI=1S/C21H19FN2O6S/c1-29-20-11-6-15(12-21(20)30-2)14-23(17-9-7-16(22)8-10-17)31(27,28)19-5-3-4-18(13-19)24(25)26/h3-13H,14H2,1-2H3. The van der Waals surface area contributed by atoms with E-state index in [1.54, 1.807) is 18.2 Å². The zero-order valence-corrected chi connectivity index (χ0v) is 17.5. The molecule has 0 radical (unpaired) electrons. The second-order valence-corrected chi connectivity index (χ2v) is 8.29. The number of hydrogen-bond donors (Lipinski definition) is 0. The van der Waals surface area contributed by atoms with Gasteiger partial charge in [-0.15, -0.1) is 0 Å². The van der Waals surface area contributed by atoms with Crippen LogP contribution in [0.2, 0.25) is 0 Å². The number of sulfonamides is 1. The van der Waals surface area contributed by atoms with Crippen molar-refractivity contribution in [1.29, 1.82) is 0 Å². The van der Waals surface area contributed by atoms with E-state index in [2.05, 4.69) is 0 Å². The van der Waals surface area contributed by atoms with E-state index in [0.29, 0.717) is 17.1 Å². The highest BCUT2D eigenvalue weighted by Gasteiger charge is 2.27. The largest absolute Gasteiger partial charge is 0.493 e. The van der Waals surface area contributed by atoms with Gasteiger partial charge in [0.05, 0.1) is 36.3 Å². The fourth-order valence-electron chi connectivity index (χ4n) is 2.95. The molecule has 0 saturated carbocycles. The molecule has 3 aromatic rings. The quantitative estimate of drug-likeness (QED) is 0.381. The Bertz CT molecular complexity index is 1200. The fourth-order valence-corrected chi connectivity index (χ4v) is 4.44. The van der Waals surface area contributed by atoms with E-state index in [4.69, 9.17) is 9.47 Å². The number of ether oxygens (including phenoxy) is 2. The molecule has 0 saturated heterocycles. The Hall–Kier alpha value is -3.66. The summed E-state index contributed by atoms with van der Waals surface area (Å²) in [6.07, 6.45) is 0. The van der Waals surface area contributed by atoms with Gasteiger partial charge in [0.15, 0.2) is 11.5 Å². The number of anilines is 1. The maximum Gasteiger partial charge on any atom is 0.270 e. The third kappa shape index (κ3) is 4.75. The van der Waals surface area contributed by atoms with Gasteiger partial charge in [0.2, 0.25) is 0 Å². The molecule has 0 heterocycles. The highest BCUT2D eigenvalue weighted by molar-refractivity contribution is 7.92. The number of methoxy groups -OCH3 is 2. The van der Waals surface area contributed by atoms with Gasteiger partial charge in [0.25, 0.3) is 15.7 Å². The molecule has 10 heteroatoms. The number of benzene rings is 3. The summed E-state index contributed by atoms with van der Waals surface area (Å²) in [7, 11) is -1.28. The molecular formula is C21H19FN2O6S. The molecule has 0 aliphatic carbocycles. The third-order valence-corrected chi connectivity index (χ3v) is 6.28. The molecule has 0 aliphatic rings. The van der Waals surface area contributed by atoms with Crippen LogP contribution in [0.1, 0.15) is 5.56 Å². The first-order valence-electron chi connectivity index (χ1n) is 9.00. The van der Waals surface area contributed by atoms with E-state index in [9.17, 15) is 22.9 Å². The zero-order valence-electron chi connectivity index (χ0n) is 16.7. The van der Waals surface area contributed by atoms with Crippen molar-refractivity contribution in [2.45, 2.75) is 11.4 Å². The van der Waals surface area contributed by atoms with E-state index in [0.717, 1.165) is 22.5 Å². The number of rotatable bonds is 8. The van der Waals surface area contributed by atoms with E-state index in [-0.39, 0.29) is 22.8 Å². The topological polar surface area (TPSA) is 99.0 Å². The first-order valence-corrected chi connectivity index (χ1v) is 10.4. The molecule has 3 rings (SSSR count). The summed E-state index contributed by atoms with van der Waals surface area (Å²) in [5.41, 5.74) is 0.407. The van der Waals surface area contributed by atoms with Crippen molar-refractivity contribution in [2.75, 3.05) is 18.5 Å². The molecule has 31 heavy (non-hydrogen) atoms. The van der Waals surface area contributed by atoms with E-state index < -0.39 is 20.8 Å². The third-order valence-electron chi connectivity index (χ3n) is 4.51. The lowest BCUT2D eigenvalue weighted by atomic mass is 10.2. The van der Waals surface area contributed by atoms with Crippen LogP contribution >= 0.6 is 0 Å². The molecule has 3 aromatic carbocycles. The zero-order chi connectivity index (χ0) is 22.6. The lowest BCUT2D eigenvalue weighted by molar-refractivity contribution is -0.385. The molecule has 162 valence electrons. The van der Waals surface area contributed by atoms with Crippen molar-refractivity contribution in [2.24, 2.45) is 0 Å². The van der Waals surface area contributed by atoms with Crippen molar-refractivity contribution in [3.8, 4) is 11.5 Å². The number of nitro benzene ring substituents is 1. The van der Waals surface area contributed by atoms with Crippen molar-refractivity contribution >= 4 is 21.4 Å². The maximum atomic E-state index is 13.4. The lowest BCUT2D eigenvalue weighted by Crippen LogP contribution is -2.30. The number of hydrogen-bond acceptors (Lipinski definition) is 6. The first kappa shape index (κ1) is 22.0. The Kier molecular flexibility index (Phi) is 6.40. The average molecular weight is 446 g/mol. The van der Waals surface area contributed by atoms with Crippen LogP contribution in [0, 0.1) is 15.9 Å². The Morgan fingerprint density at radius 2 is 1.65 bits per heavy atom. The molecule has 0 aliphatic heterocycles. The summed E-state index contributed by atoms with van der Waals surface area (Å²) in [5, 5.41) is 11.1. The van der Waals surface area contributed by atoms with Crippen LogP contribution in [0.4, 0.5) is 15.8 Å². The van der Waals surface area contributed by atoms with E-state index in [1.165, 1.54) is 44.6 Å². The van der Waals surface area contributed by atoms with Gasteiger partial charge in [0.1, 0.15) is 5.82 Å². The Labute approximate surface area is 178 Å². The molecule has 0 fully saturated rings. The van der Waals surface area contributed by atoms with Gasteiger partial charge in [-0.3, -0.25) is 14.4 Å². The van der Waals surface area contributed by atoms with Gasteiger partial charge in [-0.25, -0.2) is 12.8 Å². The molecule has 0 aromatic heterocycles. The van der Waals surface area contributed by atoms with Gasteiger partial charge >= 0.3 is 0 Å². The summed E-state index contributed by atoms with van der Waals surface area (Å²) >= 11 is 0. The Balaban J connectivity index is 2.10. The minimum absolute atomic E-state index is 0.128. The van der Waals surface area contributed by atoms with Crippen LogP contribution in [-0.4, -0.2) is 27.6 Å². The molecule has 8 nitrogen and oxygen atoms in total. The van der Waals surface area contributed by atoms with E-state index >= 15 is 0 Å². The summed E-state index contributed by atoms with van der Waals surface area (Å²) in [6.45, 7) is -0.128. The molecular weight excluding hydrogens is 427 g/mol. The van der Waals surface area contributed by atoms with Gasteiger partial charge in [-0.05, 0) is 48.0 Å². The van der Waals surface area contributed by atoms with Crippen LogP contribution < -0.4 is 13.8 Å². The van der Waals surface area contributed by atoms with Crippen LogP contribution in [0.5, 0.6) is 11.5 Å². The summed E-state index contributed by atoms with van der Waals surface area (Å²) in [6, 6.07) is 14.6. The van der Waals surface area contributed by atoms with Crippen molar-refractivity contribution in [3.63, 3.8) is 0 Å². The average Bonchev–Trinajstić information content (AvgIpc) is 2.78. The van der Waals surface area contributed by atoms with Crippen LogP contribution in [0.3, 0.4) is 0 Å². The van der Waals surface area contributed by atoms with Crippen molar-refractivity contribution < 1.29 is 27.2 Å². The summed E-state index contributed by atoms with van der Waals surface area (Å²) < 4.78 is 51.8. The maximum absolute atomic E-state index is 13.4. The molecule has 0 spiro atoms. The van der Waals surface area contributed by atoms with Crippen LogP contribution in [-0.2, 0) is 16.6 Å². The normalized spacial score (nSPS) is 11.1. The van der Waals surface area contributed by atoms with Crippen molar-refractivity contribution in [3.05, 3.63) is 88.2 Å². The number of nitrogens with zero attached hydrogens (tertiary/aromatic N) is 2. The Morgan fingerprint density at radius 1 is 0.968 bits per heavy atom. The smallest absolute Gasteiger partial charge is 0.270 e. The van der Waals surface area contributed by atoms with Gasteiger partial charge in [0, 0.05) is 12.1 Å². The molecule has 0 unspecified atom stereocenters. The van der Waals surface area contributed by atoms with Gasteiger partial charge in [-0.1, -0.05) is 12.1 Å². The number of non-ortho nitro benzene ring substituents is 1. The highest BCUT2D eigenvalue weighted by atomic mass is 32.2. The number of nitro groups is 1. The predicted molar refractivity (Wildman–Crippen MR) is 112 cm³/mol. The Morgan fingerprint density at radius 3 is 2.26 bits per heavy atom. The minimum atomic E-state index is -4.22. The minimum Gasteiger partial charge on any atom is -0.493 e. The van der Waals surface area contributed by atoms with Crippen LogP contribution in [0.15, 0.2) is 71.6 Å². The molecule has 0 amide bonds. The second-order valence-electron chi connectivity index (χ2n) is 6.43. The summed E-state index contributed by atoms with van der Waals surface area (Å²) in [4.78, 5) is 10.2. The second kappa shape index (κ2) is 9.00. The SMILES string of the molecule is COc1ccc(CN(c2ccc(F)cc2)S(=O)(=O)c2cccc([N+](=O)[O-])c2)cc1OC. The predicted octanol–water partition coefficient (Wildman–Crippen LogP) is 4.15. The molecule has 0 bridgehead atoms. The van der Waals surface area contributed by atoms with Gasteiger partial charge in [-0.2, -0.15) is 0 Å². The highest BCUT2D eigenvalue weighted by Crippen LogP contribution is 2.31. The monoisotopic (exact) mass is 446 g/mol. The van der Waals surface area contributed by atoms with Crippen LogP contribution in [0.25, 0.3) is 0 Å². The lowest BCUT2D eigenvalue weighted by Gasteiger charge is -2.25. The molecule has 0 atom stereocenters. The summed E-state index contributed by atoms with van der Waals surface area (Å²) in [5.74, 6) is 0.357. The van der Waals surface area contributed by atoms with Crippen molar-refractivity contribution in [1.82, 2.24) is 0 Å². The molecule has 0 N–H and O–H groups in total. The van der Waals surface area contributed by atoms with E-state index in [1.807, 2.05) is 0 Å². The first-order chi connectivity index (χ1) is 14.8. The van der Waals surface area contributed by atoms with Gasteiger partial charge < -0.3 is 9.47 Å². The number of halogens is 1. The fraction of sp³-hybridized carbons (Fsp3) is 0.143.